The van der Waals surface area contributed by atoms with E-state index >= 15 is 0 Å². The maximum atomic E-state index is 11.6. The van der Waals surface area contributed by atoms with E-state index in [2.05, 4.69) is 5.32 Å². The summed E-state index contributed by atoms with van der Waals surface area (Å²) in [5, 5.41) is 3.91. The number of nitrogens with one attached hydrogen (secondary N) is 1. The van der Waals surface area contributed by atoms with E-state index < -0.39 is 6.04 Å². The smallest absolute Gasteiger partial charge is 0.237 e. The number of halogens is 2. The Hall–Kier alpha value is -0.770. The monoisotopic (exact) mass is 274 g/mol. The van der Waals surface area contributed by atoms with Gasteiger partial charge in [0.2, 0.25) is 5.91 Å². The Morgan fingerprint density at radius 1 is 1.41 bits per heavy atom. The van der Waals surface area contributed by atoms with Crippen molar-refractivity contribution >= 4 is 29.1 Å². The molecule has 3 nitrogen and oxygen atoms in total. The van der Waals surface area contributed by atoms with Crippen LogP contribution >= 0.6 is 23.2 Å². The van der Waals surface area contributed by atoms with Crippen LogP contribution in [0.1, 0.15) is 19.4 Å². The van der Waals surface area contributed by atoms with E-state index in [1.807, 2.05) is 13.8 Å². The zero-order valence-corrected chi connectivity index (χ0v) is 11.3. The molecule has 5 heteroatoms. The number of benzene rings is 1. The van der Waals surface area contributed by atoms with Gasteiger partial charge in [0.05, 0.1) is 6.04 Å². The van der Waals surface area contributed by atoms with Crippen molar-refractivity contribution in [1.82, 2.24) is 5.32 Å². The molecule has 0 aromatic heterocycles. The first-order chi connectivity index (χ1) is 7.91. The Labute approximate surface area is 111 Å². The molecule has 1 atom stereocenters. The van der Waals surface area contributed by atoms with Gasteiger partial charge in [0.25, 0.3) is 0 Å². The van der Waals surface area contributed by atoms with E-state index in [0.717, 1.165) is 5.56 Å². The van der Waals surface area contributed by atoms with Crippen LogP contribution in [-0.2, 0) is 11.3 Å². The van der Waals surface area contributed by atoms with Gasteiger partial charge >= 0.3 is 0 Å². The van der Waals surface area contributed by atoms with Gasteiger partial charge in [-0.3, -0.25) is 4.79 Å². The van der Waals surface area contributed by atoms with E-state index in [-0.39, 0.29) is 11.8 Å². The average Bonchev–Trinajstić information content (AvgIpc) is 2.28. The molecule has 1 rings (SSSR count). The zero-order chi connectivity index (χ0) is 13.0. The van der Waals surface area contributed by atoms with Crippen molar-refractivity contribution in [2.45, 2.75) is 26.4 Å². The summed E-state index contributed by atoms with van der Waals surface area (Å²) in [6, 6.07) is 4.63. The average molecular weight is 275 g/mol. The minimum atomic E-state index is -0.507. The first kappa shape index (κ1) is 14.3. The van der Waals surface area contributed by atoms with Gasteiger partial charge in [0.15, 0.2) is 0 Å². The van der Waals surface area contributed by atoms with E-state index in [0.29, 0.717) is 16.6 Å². The highest BCUT2D eigenvalue weighted by molar-refractivity contribution is 6.33. The summed E-state index contributed by atoms with van der Waals surface area (Å²) < 4.78 is 0. The van der Waals surface area contributed by atoms with Crippen molar-refractivity contribution in [3.63, 3.8) is 0 Å². The Morgan fingerprint density at radius 3 is 2.65 bits per heavy atom. The van der Waals surface area contributed by atoms with Crippen LogP contribution < -0.4 is 11.1 Å². The van der Waals surface area contributed by atoms with E-state index in [1.165, 1.54) is 0 Å². The number of nitrogens with two attached hydrogens (primary N) is 1. The van der Waals surface area contributed by atoms with Crippen molar-refractivity contribution in [3.05, 3.63) is 33.8 Å². The highest BCUT2D eigenvalue weighted by Gasteiger charge is 2.16. The molecule has 17 heavy (non-hydrogen) atoms. The van der Waals surface area contributed by atoms with Gasteiger partial charge in [-0.15, -0.1) is 0 Å². The second-order valence-electron chi connectivity index (χ2n) is 4.22. The van der Waals surface area contributed by atoms with Gasteiger partial charge in [-0.1, -0.05) is 37.0 Å². The second-order valence-corrected chi connectivity index (χ2v) is 5.07. The molecule has 0 aliphatic rings. The number of hydrogen-bond donors (Lipinski definition) is 2. The molecule has 0 unspecified atom stereocenters. The largest absolute Gasteiger partial charge is 0.351 e. The Balaban J connectivity index is 2.61. The zero-order valence-electron chi connectivity index (χ0n) is 9.84. The van der Waals surface area contributed by atoms with Crippen LogP contribution in [0, 0.1) is 5.92 Å². The molecule has 0 fully saturated rings. The van der Waals surface area contributed by atoms with Crippen molar-refractivity contribution < 1.29 is 4.79 Å². The van der Waals surface area contributed by atoms with Crippen molar-refractivity contribution in [2.24, 2.45) is 11.7 Å². The van der Waals surface area contributed by atoms with Crippen LogP contribution in [0.25, 0.3) is 0 Å². The minimum absolute atomic E-state index is 0.102. The van der Waals surface area contributed by atoms with E-state index in [9.17, 15) is 4.79 Å². The molecule has 1 amide bonds. The van der Waals surface area contributed by atoms with Gasteiger partial charge in [0, 0.05) is 16.6 Å². The normalized spacial score (nSPS) is 12.6. The fourth-order valence-electron chi connectivity index (χ4n) is 1.28. The molecule has 0 heterocycles. The predicted molar refractivity (Wildman–Crippen MR) is 71.1 cm³/mol. The van der Waals surface area contributed by atoms with Crippen molar-refractivity contribution in [1.29, 1.82) is 0 Å². The topological polar surface area (TPSA) is 55.1 Å². The number of rotatable bonds is 4. The lowest BCUT2D eigenvalue weighted by molar-refractivity contribution is -0.123. The lowest BCUT2D eigenvalue weighted by Crippen LogP contribution is -2.43. The molecule has 0 bridgehead atoms. The summed E-state index contributed by atoms with van der Waals surface area (Å²) in [6.45, 7) is 4.13. The number of amides is 1. The summed E-state index contributed by atoms with van der Waals surface area (Å²) in [6.07, 6.45) is 0. The molecule has 0 saturated carbocycles. The van der Waals surface area contributed by atoms with Gasteiger partial charge in [0.1, 0.15) is 0 Å². The van der Waals surface area contributed by atoms with Crippen LogP contribution in [-0.4, -0.2) is 11.9 Å². The number of carbonyl (C=O) groups is 1. The van der Waals surface area contributed by atoms with Crippen molar-refractivity contribution in [3.8, 4) is 0 Å². The van der Waals surface area contributed by atoms with Gasteiger partial charge in [-0.2, -0.15) is 0 Å². The van der Waals surface area contributed by atoms with Crippen LogP contribution in [0.3, 0.4) is 0 Å². The van der Waals surface area contributed by atoms with Crippen LogP contribution in [0.2, 0.25) is 10.0 Å². The summed E-state index contributed by atoms with van der Waals surface area (Å²) in [7, 11) is 0. The minimum Gasteiger partial charge on any atom is -0.351 e. The highest BCUT2D eigenvalue weighted by atomic mass is 35.5. The number of carbonyl (C=O) groups excluding carboxylic acids is 1. The third-order valence-electron chi connectivity index (χ3n) is 2.48. The fraction of sp³-hybridized carbons (Fsp3) is 0.417. The Bertz CT molecular complexity index is 407. The summed E-state index contributed by atoms with van der Waals surface area (Å²) >= 11 is 11.8. The fourth-order valence-corrected chi connectivity index (χ4v) is 1.66. The highest BCUT2D eigenvalue weighted by Crippen LogP contribution is 2.20. The molecule has 0 radical (unpaired) electrons. The first-order valence-corrected chi connectivity index (χ1v) is 6.14. The maximum absolute atomic E-state index is 11.6. The van der Waals surface area contributed by atoms with Gasteiger partial charge in [-0.25, -0.2) is 0 Å². The molecule has 1 aromatic carbocycles. The van der Waals surface area contributed by atoms with Crippen molar-refractivity contribution in [2.75, 3.05) is 0 Å². The molecule has 0 spiro atoms. The standard InChI is InChI=1S/C12H16Cl2N2O/c1-7(2)11(15)12(17)16-6-8-5-9(13)3-4-10(8)14/h3-5,7,11H,6,15H2,1-2H3,(H,16,17)/t11-/m0/s1. The molecule has 0 saturated heterocycles. The summed E-state index contributed by atoms with van der Waals surface area (Å²) in [5.41, 5.74) is 6.50. The molecule has 1 aromatic rings. The lowest BCUT2D eigenvalue weighted by Gasteiger charge is -2.15. The molecule has 0 aliphatic heterocycles. The quantitative estimate of drug-likeness (QED) is 0.887. The maximum Gasteiger partial charge on any atom is 0.237 e. The van der Waals surface area contributed by atoms with Gasteiger partial charge < -0.3 is 11.1 Å². The van der Waals surface area contributed by atoms with E-state index in [1.54, 1.807) is 18.2 Å². The summed E-state index contributed by atoms with van der Waals surface area (Å²) in [5.74, 6) is -0.0825. The summed E-state index contributed by atoms with van der Waals surface area (Å²) in [4.78, 5) is 11.6. The molecular formula is C12H16Cl2N2O. The number of hydrogen-bond acceptors (Lipinski definition) is 2. The van der Waals surface area contributed by atoms with E-state index in [4.69, 9.17) is 28.9 Å². The molecule has 94 valence electrons. The second kappa shape index (κ2) is 6.24. The Kier molecular flexibility index (Phi) is 5.25. The first-order valence-electron chi connectivity index (χ1n) is 5.39. The molecule has 0 aliphatic carbocycles. The molecule has 3 N–H and O–H groups in total. The third kappa shape index (κ3) is 4.19. The lowest BCUT2D eigenvalue weighted by atomic mass is 10.0. The van der Waals surface area contributed by atoms with Crippen LogP contribution in [0.4, 0.5) is 0 Å². The Morgan fingerprint density at radius 2 is 2.06 bits per heavy atom. The third-order valence-corrected chi connectivity index (χ3v) is 3.09. The van der Waals surface area contributed by atoms with Crippen LogP contribution in [0.15, 0.2) is 18.2 Å². The molecular weight excluding hydrogens is 259 g/mol. The predicted octanol–water partition coefficient (Wildman–Crippen LogP) is 2.59. The van der Waals surface area contributed by atoms with Crippen LogP contribution in [0.5, 0.6) is 0 Å². The van der Waals surface area contributed by atoms with Gasteiger partial charge in [-0.05, 0) is 29.7 Å². The SMILES string of the molecule is CC(C)[C@H](N)C(=O)NCc1cc(Cl)ccc1Cl.